The lowest BCUT2D eigenvalue weighted by Crippen LogP contribution is -2.46. The van der Waals surface area contributed by atoms with E-state index in [1.807, 2.05) is 12.1 Å². The molecule has 10 nitrogen and oxygen atoms in total. The third-order valence-corrected chi connectivity index (χ3v) is 14.6. The standard InChI is InChI=1S/C41H51N5O5S2/c1-9-51-28-22-39(4,5)32-30(40(28,6)7)43-36(52-32)45(26-13-10-24(11-14-26)34(47)48)21-20-41(8)19-18-38(2,3)33-31(41)44-37(53-33)46(27-15-16-27)29-17-12-25(23-42-29)35(49)50/h10-14,17,23,27-28H,9,15-16,18-22H2,1-8H3,(H,47,48)(H,49,50). The van der Waals surface area contributed by atoms with Crippen molar-refractivity contribution in [1.29, 1.82) is 0 Å². The normalized spacial score (nSPS) is 22.5. The lowest BCUT2D eigenvalue weighted by atomic mass is 9.66. The minimum absolute atomic E-state index is 0.0461. The summed E-state index contributed by atoms with van der Waals surface area (Å²) in [5.41, 5.74) is 2.89. The van der Waals surface area contributed by atoms with Crippen LogP contribution in [0.5, 0.6) is 0 Å². The van der Waals surface area contributed by atoms with Crippen LogP contribution in [-0.2, 0) is 26.4 Å². The molecule has 3 aliphatic rings. The quantitative estimate of drug-likeness (QED) is 0.144. The minimum Gasteiger partial charge on any atom is -0.478 e. The van der Waals surface area contributed by atoms with Gasteiger partial charge in [-0.15, -0.1) is 22.7 Å². The van der Waals surface area contributed by atoms with Crippen LogP contribution in [0.1, 0.15) is 136 Å². The second-order valence-corrected chi connectivity index (χ2v) is 19.1. The number of aromatic nitrogens is 3. The summed E-state index contributed by atoms with van der Waals surface area (Å²) in [6, 6.07) is 10.9. The van der Waals surface area contributed by atoms with E-state index in [0.29, 0.717) is 13.2 Å². The maximum absolute atomic E-state index is 11.8. The van der Waals surface area contributed by atoms with Gasteiger partial charge in [-0.25, -0.2) is 24.5 Å². The van der Waals surface area contributed by atoms with Crippen LogP contribution in [0.4, 0.5) is 21.8 Å². The van der Waals surface area contributed by atoms with Gasteiger partial charge in [-0.2, -0.15) is 0 Å². The molecule has 1 aromatic carbocycles. The van der Waals surface area contributed by atoms with E-state index in [0.717, 1.165) is 71.7 Å². The third kappa shape index (κ3) is 6.87. The molecule has 0 spiro atoms. The Hall–Kier alpha value is -3.87. The Morgan fingerprint density at radius 3 is 2.06 bits per heavy atom. The summed E-state index contributed by atoms with van der Waals surface area (Å²) >= 11 is 3.49. The summed E-state index contributed by atoms with van der Waals surface area (Å²) in [7, 11) is 0. The highest BCUT2D eigenvalue weighted by Gasteiger charge is 2.49. The average Bonchev–Trinajstić information content (AvgIpc) is 3.62. The summed E-state index contributed by atoms with van der Waals surface area (Å²) < 4.78 is 6.31. The molecule has 1 fully saturated rings. The topological polar surface area (TPSA) is 129 Å². The lowest BCUT2D eigenvalue weighted by Gasteiger charge is -2.44. The number of carbonyl (C=O) groups is 2. The third-order valence-electron chi connectivity index (χ3n) is 11.7. The molecule has 0 radical (unpaired) electrons. The number of anilines is 4. The van der Waals surface area contributed by atoms with Crippen LogP contribution in [0.25, 0.3) is 0 Å². The predicted octanol–water partition coefficient (Wildman–Crippen LogP) is 9.61. The summed E-state index contributed by atoms with van der Waals surface area (Å²) in [5.74, 6) is -1.21. The van der Waals surface area contributed by atoms with E-state index in [4.69, 9.17) is 14.7 Å². The first kappa shape index (κ1) is 37.4. The fraction of sp³-hybridized carbons (Fsp3) is 0.537. The van der Waals surface area contributed by atoms with Crippen molar-refractivity contribution in [2.75, 3.05) is 23.0 Å². The minimum atomic E-state index is -0.990. The van der Waals surface area contributed by atoms with Crippen LogP contribution < -0.4 is 9.80 Å². The highest BCUT2D eigenvalue weighted by atomic mass is 32.1. The molecule has 0 aliphatic heterocycles. The number of hydrogen-bond acceptors (Lipinski definition) is 10. The van der Waals surface area contributed by atoms with E-state index in [1.165, 1.54) is 16.0 Å². The number of benzene rings is 1. The molecule has 2 unspecified atom stereocenters. The molecule has 0 amide bonds. The number of rotatable bonds is 12. The van der Waals surface area contributed by atoms with Gasteiger partial charge >= 0.3 is 11.9 Å². The zero-order valence-corrected chi connectivity index (χ0v) is 33.7. The van der Waals surface area contributed by atoms with Gasteiger partial charge in [0.1, 0.15) is 5.82 Å². The van der Waals surface area contributed by atoms with Crippen LogP contribution in [0.2, 0.25) is 0 Å². The number of pyridine rings is 1. The Balaban J connectivity index is 1.26. The lowest BCUT2D eigenvalue weighted by molar-refractivity contribution is -0.0131. The van der Waals surface area contributed by atoms with Gasteiger partial charge in [0, 0.05) is 62.5 Å². The molecule has 282 valence electrons. The van der Waals surface area contributed by atoms with E-state index < -0.39 is 11.9 Å². The molecule has 1 saturated carbocycles. The zero-order valence-electron chi connectivity index (χ0n) is 32.0. The molecule has 7 rings (SSSR count). The largest absolute Gasteiger partial charge is 0.478 e. The van der Waals surface area contributed by atoms with Crippen molar-refractivity contribution in [2.24, 2.45) is 0 Å². The number of hydrogen-bond donors (Lipinski definition) is 2. The zero-order chi connectivity index (χ0) is 38.1. The summed E-state index contributed by atoms with van der Waals surface area (Å²) in [5, 5.41) is 21.0. The SMILES string of the molecule is CCOC1CC(C)(C)c2sc(N(CCC3(C)CCC(C)(C)c4sc(N(c5ccc(C(=O)O)cn5)C5CC5)nc43)c3ccc(C(=O)O)cc3)nc2C1(C)C. The average molecular weight is 758 g/mol. The highest BCUT2D eigenvalue weighted by Crippen LogP contribution is 2.54. The van der Waals surface area contributed by atoms with Crippen LogP contribution in [-0.4, -0.2) is 62.4 Å². The van der Waals surface area contributed by atoms with Crippen molar-refractivity contribution in [3.63, 3.8) is 0 Å². The van der Waals surface area contributed by atoms with Gasteiger partial charge in [-0.05, 0) is 81.8 Å². The molecule has 53 heavy (non-hydrogen) atoms. The van der Waals surface area contributed by atoms with Gasteiger partial charge in [-0.1, -0.05) is 48.5 Å². The monoisotopic (exact) mass is 757 g/mol. The van der Waals surface area contributed by atoms with Gasteiger partial charge in [0.25, 0.3) is 0 Å². The number of aromatic carboxylic acids is 2. The Morgan fingerprint density at radius 1 is 0.830 bits per heavy atom. The van der Waals surface area contributed by atoms with Gasteiger partial charge < -0.3 is 19.8 Å². The van der Waals surface area contributed by atoms with E-state index in [-0.39, 0.29) is 44.9 Å². The van der Waals surface area contributed by atoms with E-state index in [9.17, 15) is 19.8 Å². The first-order valence-electron chi connectivity index (χ1n) is 18.7. The van der Waals surface area contributed by atoms with Gasteiger partial charge in [-0.3, -0.25) is 4.90 Å². The van der Waals surface area contributed by atoms with Crippen molar-refractivity contribution < 1.29 is 24.5 Å². The maximum Gasteiger partial charge on any atom is 0.337 e. The Morgan fingerprint density at radius 2 is 1.45 bits per heavy atom. The fourth-order valence-electron chi connectivity index (χ4n) is 8.00. The second kappa shape index (κ2) is 13.5. The Kier molecular flexibility index (Phi) is 9.51. The van der Waals surface area contributed by atoms with Crippen molar-refractivity contribution in [3.05, 3.63) is 74.9 Å². The number of fused-ring (bicyclic) bond motifs is 2. The Bertz CT molecular complexity index is 2010. The number of thiazole rings is 2. The van der Waals surface area contributed by atoms with Crippen LogP contribution in [0.15, 0.2) is 42.6 Å². The van der Waals surface area contributed by atoms with Crippen LogP contribution >= 0.6 is 22.7 Å². The van der Waals surface area contributed by atoms with E-state index in [1.54, 1.807) is 46.9 Å². The van der Waals surface area contributed by atoms with Crippen molar-refractivity contribution in [3.8, 4) is 0 Å². The Labute approximate surface area is 320 Å². The first-order valence-corrected chi connectivity index (χ1v) is 20.3. The number of ether oxygens (including phenoxy) is 1. The van der Waals surface area contributed by atoms with Crippen molar-refractivity contribution in [2.45, 2.75) is 128 Å². The number of carboxylic acids is 2. The van der Waals surface area contributed by atoms with Crippen LogP contribution in [0.3, 0.4) is 0 Å². The molecule has 2 atom stereocenters. The molecule has 3 aromatic heterocycles. The maximum atomic E-state index is 11.8. The van der Waals surface area contributed by atoms with E-state index in [2.05, 4.69) is 70.2 Å². The molecule has 3 aliphatic carbocycles. The van der Waals surface area contributed by atoms with Crippen molar-refractivity contribution >= 4 is 56.4 Å². The number of nitrogens with zero attached hydrogens (tertiary/aromatic N) is 5. The molecular formula is C41H51N5O5S2. The molecule has 0 saturated heterocycles. The number of carboxylic acid groups (broad SMARTS) is 2. The second-order valence-electron chi connectivity index (χ2n) is 17.1. The predicted molar refractivity (Wildman–Crippen MR) is 211 cm³/mol. The summed E-state index contributed by atoms with van der Waals surface area (Å²) in [4.78, 5) is 45.9. The highest BCUT2D eigenvalue weighted by molar-refractivity contribution is 7.16. The molecule has 0 bridgehead atoms. The van der Waals surface area contributed by atoms with Crippen LogP contribution in [0, 0.1) is 0 Å². The molecule has 2 N–H and O–H groups in total. The summed E-state index contributed by atoms with van der Waals surface area (Å²) in [6.07, 6.45) is 7.29. The summed E-state index contributed by atoms with van der Waals surface area (Å²) in [6.45, 7) is 19.4. The van der Waals surface area contributed by atoms with Crippen molar-refractivity contribution in [1.82, 2.24) is 15.0 Å². The first-order chi connectivity index (χ1) is 24.9. The fourth-order valence-corrected chi connectivity index (χ4v) is 10.8. The molecule has 3 heterocycles. The van der Waals surface area contributed by atoms with Gasteiger partial charge in [0.15, 0.2) is 10.3 Å². The molecule has 12 heteroatoms. The van der Waals surface area contributed by atoms with Gasteiger partial charge in [0.05, 0.1) is 28.6 Å². The molecule has 4 aromatic rings. The van der Waals surface area contributed by atoms with Gasteiger partial charge in [0.2, 0.25) is 0 Å². The smallest absolute Gasteiger partial charge is 0.337 e. The molecular weight excluding hydrogens is 707 g/mol. The van der Waals surface area contributed by atoms with E-state index >= 15 is 0 Å².